The number of aromatic amines is 1. The maximum Gasteiger partial charge on any atom is 0.323 e. The molecule has 0 spiro atoms. The zero-order chi connectivity index (χ0) is 12.5. The van der Waals surface area contributed by atoms with Crippen molar-refractivity contribution < 1.29 is 9.53 Å². The third-order valence-electron chi connectivity index (χ3n) is 2.06. The number of carbonyl (C=O) groups excluding carboxylic acids is 1. The van der Waals surface area contributed by atoms with E-state index in [0.29, 0.717) is 13.0 Å². The van der Waals surface area contributed by atoms with E-state index in [2.05, 4.69) is 20.5 Å². The molecule has 1 unspecified atom stereocenters. The number of rotatable bonds is 8. The summed E-state index contributed by atoms with van der Waals surface area (Å²) in [6, 6.07) is -0.240. The van der Waals surface area contributed by atoms with Crippen LogP contribution in [0.1, 0.15) is 20.3 Å². The van der Waals surface area contributed by atoms with E-state index >= 15 is 0 Å². The van der Waals surface area contributed by atoms with Crippen LogP contribution in [0, 0.1) is 0 Å². The van der Waals surface area contributed by atoms with Crippen molar-refractivity contribution in [3.63, 3.8) is 0 Å². The van der Waals surface area contributed by atoms with Gasteiger partial charge in [-0.2, -0.15) is 5.10 Å². The van der Waals surface area contributed by atoms with Crippen molar-refractivity contribution in [3.05, 3.63) is 6.33 Å². The standard InChI is InChI=1S/C10H18N4O2S/c1-3-11-8(9(15)16-4-2)5-6-17-10-12-7-13-14-10/h7-8,11H,3-6H2,1-2H3,(H,12,13,14). The second kappa shape index (κ2) is 8.08. The SMILES string of the molecule is CCNC(CCSc1ncn[nH]1)C(=O)OCC. The summed E-state index contributed by atoms with van der Waals surface area (Å²) >= 11 is 1.54. The number of H-pyrrole nitrogens is 1. The second-order valence-corrected chi connectivity index (χ2v) is 4.37. The maximum absolute atomic E-state index is 11.6. The van der Waals surface area contributed by atoms with Gasteiger partial charge in [0.1, 0.15) is 12.4 Å². The van der Waals surface area contributed by atoms with Gasteiger partial charge in [0.2, 0.25) is 0 Å². The highest BCUT2D eigenvalue weighted by atomic mass is 32.2. The average Bonchev–Trinajstić information content (AvgIpc) is 2.81. The van der Waals surface area contributed by atoms with Crippen molar-refractivity contribution >= 4 is 17.7 Å². The van der Waals surface area contributed by atoms with Crippen LogP contribution in [-0.4, -0.2) is 46.1 Å². The van der Waals surface area contributed by atoms with E-state index in [4.69, 9.17) is 4.74 Å². The van der Waals surface area contributed by atoms with Crippen molar-refractivity contribution in [3.8, 4) is 0 Å². The van der Waals surface area contributed by atoms with E-state index in [1.54, 1.807) is 0 Å². The molecular weight excluding hydrogens is 240 g/mol. The van der Waals surface area contributed by atoms with Gasteiger partial charge >= 0.3 is 5.97 Å². The van der Waals surface area contributed by atoms with Crippen LogP contribution in [0.4, 0.5) is 0 Å². The Morgan fingerprint density at radius 1 is 1.65 bits per heavy atom. The van der Waals surface area contributed by atoms with Crippen LogP contribution < -0.4 is 5.32 Å². The normalized spacial score (nSPS) is 12.4. The minimum Gasteiger partial charge on any atom is -0.465 e. The molecule has 17 heavy (non-hydrogen) atoms. The predicted octanol–water partition coefficient (Wildman–Crippen LogP) is 0.828. The van der Waals surface area contributed by atoms with Gasteiger partial charge in [0, 0.05) is 5.75 Å². The Bertz CT molecular complexity index is 318. The summed E-state index contributed by atoms with van der Waals surface area (Å²) in [4.78, 5) is 15.6. The maximum atomic E-state index is 11.6. The van der Waals surface area contributed by atoms with Crippen molar-refractivity contribution in [2.45, 2.75) is 31.5 Å². The van der Waals surface area contributed by atoms with Crippen LogP contribution in [0.5, 0.6) is 0 Å². The van der Waals surface area contributed by atoms with Crippen LogP contribution in [0.25, 0.3) is 0 Å². The average molecular weight is 258 g/mol. The number of nitrogens with one attached hydrogen (secondary N) is 2. The summed E-state index contributed by atoms with van der Waals surface area (Å²) in [5, 5.41) is 10.4. The molecule has 1 aromatic heterocycles. The van der Waals surface area contributed by atoms with Gasteiger partial charge in [0.05, 0.1) is 6.61 Å². The fourth-order valence-electron chi connectivity index (χ4n) is 1.33. The van der Waals surface area contributed by atoms with Gasteiger partial charge < -0.3 is 10.1 Å². The largest absolute Gasteiger partial charge is 0.465 e. The Labute approximate surface area is 105 Å². The number of likely N-dealkylation sites (N-methyl/N-ethyl adjacent to an activating group) is 1. The molecule has 1 heterocycles. The van der Waals surface area contributed by atoms with E-state index in [9.17, 15) is 4.79 Å². The third kappa shape index (κ3) is 5.18. The number of nitrogens with zero attached hydrogens (tertiary/aromatic N) is 2. The summed E-state index contributed by atoms with van der Waals surface area (Å²) < 4.78 is 5.00. The first kappa shape index (κ1) is 14.0. The van der Waals surface area contributed by atoms with Gasteiger partial charge in [-0.05, 0) is 19.9 Å². The van der Waals surface area contributed by atoms with Crippen LogP contribution in [-0.2, 0) is 9.53 Å². The van der Waals surface area contributed by atoms with Gasteiger partial charge in [-0.1, -0.05) is 18.7 Å². The second-order valence-electron chi connectivity index (χ2n) is 3.29. The molecule has 96 valence electrons. The lowest BCUT2D eigenvalue weighted by Gasteiger charge is -2.15. The summed E-state index contributed by atoms with van der Waals surface area (Å²) in [6.07, 6.45) is 2.17. The van der Waals surface area contributed by atoms with Gasteiger partial charge in [-0.25, -0.2) is 4.98 Å². The quantitative estimate of drug-likeness (QED) is 0.531. The molecule has 0 aromatic carbocycles. The molecule has 1 rings (SSSR count). The Balaban J connectivity index is 2.31. The Hall–Kier alpha value is -1.08. The van der Waals surface area contributed by atoms with Gasteiger partial charge in [-0.3, -0.25) is 9.89 Å². The number of ether oxygens (including phenoxy) is 1. The molecule has 2 N–H and O–H groups in total. The number of thioether (sulfide) groups is 1. The monoisotopic (exact) mass is 258 g/mol. The lowest BCUT2D eigenvalue weighted by atomic mass is 10.2. The Morgan fingerprint density at radius 2 is 2.47 bits per heavy atom. The molecule has 1 aromatic rings. The summed E-state index contributed by atoms with van der Waals surface area (Å²) in [5.41, 5.74) is 0. The van der Waals surface area contributed by atoms with E-state index in [0.717, 1.165) is 17.5 Å². The molecule has 1 atom stereocenters. The first-order valence-corrected chi connectivity index (χ1v) is 6.64. The van der Waals surface area contributed by atoms with E-state index in [1.165, 1.54) is 18.1 Å². The molecule has 0 aliphatic heterocycles. The topological polar surface area (TPSA) is 79.9 Å². The molecule has 0 bridgehead atoms. The summed E-state index contributed by atoms with van der Waals surface area (Å²) in [5.74, 6) is 0.596. The number of hydrogen-bond acceptors (Lipinski definition) is 6. The first-order chi connectivity index (χ1) is 8.27. The van der Waals surface area contributed by atoms with Crippen molar-refractivity contribution in [1.29, 1.82) is 0 Å². The predicted molar refractivity (Wildman–Crippen MR) is 65.8 cm³/mol. The lowest BCUT2D eigenvalue weighted by Crippen LogP contribution is -2.38. The minimum atomic E-state index is -0.240. The molecular formula is C10H18N4O2S. The van der Waals surface area contributed by atoms with Crippen LogP contribution in [0.2, 0.25) is 0 Å². The molecule has 0 saturated heterocycles. The first-order valence-electron chi connectivity index (χ1n) is 5.66. The van der Waals surface area contributed by atoms with Crippen molar-refractivity contribution in [2.24, 2.45) is 0 Å². The van der Waals surface area contributed by atoms with E-state index < -0.39 is 0 Å². The van der Waals surface area contributed by atoms with Crippen molar-refractivity contribution in [1.82, 2.24) is 20.5 Å². The highest BCUT2D eigenvalue weighted by Crippen LogP contribution is 2.13. The summed E-state index contributed by atoms with van der Waals surface area (Å²) in [7, 11) is 0. The highest BCUT2D eigenvalue weighted by molar-refractivity contribution is 7.99. The van der Waals surface area contributed by atoms with E-state index in [1.807, 2.05) is 13.8 Å². The smallest absolute Gasteiger partial charge is 0.323 e. The molecule has 0 aliphatic carbocycles. The zero-order valence-corrected chi connectivity index (χ0v) is 10.9. The fraction of sp³-hybridized carbons (Fsp3) is 0.700. The number of aromatic nitrogens is 3. The molecule has 0 aliphatic rings. The molecule has 0 amide bonds. The third-order valence-corrected chi connectivity index (χ3v) is 2.97. The Kier molecular flexibility index (Phi) is 6.64. The number of hydrogen-bond donors (Lipinski definition) is 2. The van der Waals surface area contributed by atoms with Crippen molar-refractivity contribution in [2.75, 3.05) is 18.9 Å². The number of esters is 1. The minimum absolute atomic E-state index is 0.187. The Morgan fingerprint density at radius 3 is 3.06 bits per heavy atom. The zero-order valence-electron chi connectivity index (χ0n) is 10.1. The lowest BCUT2D eigenvalue weighted by molar-refractivity contribution is -0.145. The van der Waals surface area contributed by atoms with Gasteiger partial charge in [0.25, 0.3) is 0 Å². The molecule has 7 heteroatoms. The molecule has 0 fully saturated rings. The van der Waals surface area contributed by atoms with Crippen LogP contribution >= 0.6 is 11.8 Å². The fourth-order valence-corrected chi connectivity index (χ4v) is 2.12. The summed E-state index contributed by atoms with van der Waals surface area (Å²) in [6.45, 7) is 4.94. The van der Waals surface area contributed by atoms with Gasteiger partial charge in [-0.15, -0.1) is 0 Å². The van der Waals surface area contributed by atoms with Crippen LogP contribution in [0.3, 0.4) is 0 Å². The molecule has 0 radical (unpaired) electrons. The molecule has 0 saturated carbocycles. The number of carbonyl (C=O) groups is 1. The van der Waals surface area contributed by atoms with E-state index in [-0.39, 0.29) is 12.0 Å². The van der Waals surface area contributed by atoms with Crippen LogP contribution in [0.15, 0.2) is 11.5 Å². The highest BCUT2D eigenvalue weighted by Gasteiger charge is 2.18. The molecule has 6 nitrogen and oxygen atoms in total. The van der Waals surface area contributed by atoms with Gasteiger partial charge in [0.15, 0.2) is 5.16 Å².